The maximum Gasteiger partial charge on any atom is 0.338 e. The normalized spacial score (nSPS) is 17.8. The van der Waals surface area contributed by atoms with Crippen molar-refractivity contribution < 1.29 is 24.4 Å². The van der Waals surface area contributed by atoms with E-state index in [0.29, 0.717) is 13.1 Å². The third-order valence-corrected chi connectivity index (χ3v) is 4.94. The van der Waals surface area contributed by atoms with Gasteiger partial charge < -0.3 is 15.2 Å². The zero-order valence-electron chi connectivity index (χ0n) is 15.1. The molecule has 0 radical (unpaired) electrons. The highest BCUT2D eigenvalue weighted by Crippen LogP contribution is 2.28. The quantitative estimate of drug-likeness (QED) is 0.426. The zero-order chi connectivity index (χ0) is 20.2. The Balaban J connectivity index is 1.97. The molecule has 10 heteroatoms. The minimum absolute atomic E-state index is 0.0695. The van der Waals surface area contributed by atoms with Crippen molar-refractivity contribution in [3.63, 3.8) is 0 Å². The predicted molar refractivity (Wildman–Crippen MR) is 98.6 cm³/mol. The zero-order valence-corrected chi connectivity index (χ0v) is 15.9. The van der Waals surface area contributed by atoms with E-state index in [1.54, 1.807) is 13.8 Å². The second kappa shape index (κ2) is 8.64. The maximum atomic E-state index is 12.5. The Hall–Kier alpha value is -2.23. The standard InChI is InChI=1S/C17H22ClN3O6/c1-3-27-16(23)17(24)6-8-20(9-7-17)11(2)15(22)19-14-5-4-12(21(25)26)10-13(14)18/h4-5,10-11,24H,3,6-9H2,1-2H3,(H,19,22)/t11-/m0/s1. The van der Waals surface area contributed by atoms with Gasteiger partial charge in [0.05, 0.1) is 28.3 Å². The molecule has 9 nitrogen and oxygen atoms in total. The number of nitrogens with zero attached hydrogens (tertiary/aromatic N) is 2. The lowest BCUT2D eigenvalue weighted by Gasteiger charge is -2.38. The smallest absolute Gasteiger partial charge is 0.338 e. The van der Waals surface area contributed by atoms with Crippen LogP contribution in [-0.2, 0) is 14.3 Å². The van der Waals surface area contributed by atoms with E-state index in [1.807, 2.05) is 4.90 Å². The molecule has 0 unspecified atom stereocenters. The van der Waals surface area contributed by atoms with Crippen LogP contribution in [0.25, 0.3) is 0 Å². The number of piperidine rings is 1. The summed E-state index contributed by atoms with van der Waals surface area (Å²) in [6.45, 7) is 4.25. The summed E-state index contributed by atoms with van der Waals surface area (Å²) in [5.41, 5.74) is -1.41. The number of likely N-dealkylation sites (tertiary alicyclic amines) is 1. The molecule has 148 valence electrons. The van der Waals surface area contributed by atoms with E-state index in [2.05, 4.69) is 5.32 Å². The van der Waals surface area contributed by atoms with Crippen LogP contribution >= 0.6 is 11.6 Å². The van der Waals surface area contributed by atoms with Gasteiger partial charge in [-0.05, 0) is 32.8 Å². The first kappa shape index (κ1) is 21.1. The van der Waals surface area contributed by atoms with Gasteiger partial charge >= 0.3 is 5.97 Å². The fraction of sp³-hybridized carbons (Fsp3) is 0.529. The number of non-ortho nitro benzene ring substituents is 1. The van der Waals surface area contributed by atoms with Crippen LogP contribution in [0.5, 0.6) is 0 Å². The first-order valence-corrected chi connectivity index (χ1v) is 8.94. The van der Waals surface area contributed by atoms with Crippen molar-refractivity contribution in [2.75, 3.05) is 25.0 Å². The molecule has 27 heavy (non-hydrogen) atoms. The van der Waals surface area contributed by atoms with Crippen LogP contribution in [0.3, 0.4) is 0 Å². The number of nitro benzene ring substituents is 1. The summed E-state index contributed by atoms with van der Waals surface area (Å²) in [4.78, 5) is 36.3. The number of nitrogens with one attached hydrogen (secondary N) is 1. The van der Waals surface area contributed by atoms with Crippen LogP contribution in [0.15, 0.2) is 18.2 Å². The number of esters is 1. The van der Waals surface area contributed by atoms with Crippen molar-refractivity contribution in [3.8, 4) is 0 Å². The van der Waals surface area contributed by atoms with E-state index < -0.39 is 22.5 Å². The molecule has 0 saturated carbocycles. The average Bonchev–Trinajstić information content (AvgIpc) is 2.63. The van der Waals surface area contributed by atoms with Gasteiger partial charge in [0, 0.05) is 25.2 Å². The predicted octanol–water partition coefficient (Wildman–Crippen LogP) is 1.97. The van der Waals surface area contributed by atoms with Gasteiger partial charge in [-0.1, -0.05) is 11.6 Å². The fourth-order valence-corrected chi connectivity index (χ4v) is 3.09. The topological polar surface area (TPSA) is 122 Å². The van der Waals surface area contributed by atoms with Gasteiger partial charge in [-0.2, -0.15) is 0 Å². The summed E-state index contributed by atoms with van der Waals surface area (Å²) in [5.74, 6) is -0.980. The second-order valence-electron chi connectivity index (χ2n) is 6.37. The fourth-order valence-electron chi connectivity index (χ4n) is 2.87. The van der Waals surface area contributed by atoms with E-state index in [1.165, 1.54) is 18.2 Å². The lowest BCUT2D eigenvalue weighted by atomic mass is 9.91. The third kappa shape index (κ3) is 4.94. The number of carbonyl (C=O) groups excluding carboxylic acids is 2. The summed E-state index contributed by atoms with van der Waals surface area (Å²) in [6, 6.07) is 3.26. The number of ether oxygens (including phenoxy) is 1. The molecule has 1 aromatic carbocycles. The monoisotopic (exact) mass is 399 g/mol. The number of amides is 1. The Morgan fingerprint density at radius 1 is 1.44 bits per heavy atom. The van der Waals surface area contributed by atoms with Crippen molar-refractivity contribution >= 4 is 34.9 Å². The molecule has 1 atom stereocenters. The SMILES string of the molecule is CCOC(=O)C1(O)CCN([C@@H](C)C(=O)Nc2ccc([N+](=O)[O-])cc2Cl)CC1. The van der Waals surface area contributed by atoms with Gasteiger partial charge in [0.15, 0.2) is 5.60 Å². The van der Waals surface area contributed by atoms with Crippen LogP contribution in [-0.4, -0.2) is 58.1 Å². The maximum absolute atomic E-state index is 12.5. The molecule has 1 aliphatic rings. The van der Waals surface area contributed by atoms with Gasteiger partial charge in [0.2, 0.25) is 5.91 Å². The van der Waals surface area contributed by atoms with Crippen molar-refractivity contribution in [1.82, 2.24) is 4.90 Å². The van der Waals surface area contributed by atoms with Crippen molar-refractivity contribution in [1.29, 1.82) is 0 Å². The number of hydrogen-bond donors (Lipinski definition) is 2. The van der Waals surface area contributed by atoms with Gasteiger partial charge in [0.1, 0.15) is 0 Å². The molecule has 2 N–H and O–H groups in total. The first-order chi connectivity index (χ1) is 12.7. The van der Waals surface area contributed by atoms with Gasteiger partial charge in [-0.3, -0.25) is 19.8 Å². The molecule has 0 aromatic heterocycles. The minimum atomic E-state index is -1.52. The number of aliphatic hydroxyl groups is 1. The molecule has 0 aliphatic carbocycles. The van der Waals surface area contributed by atoms with Crippen LogP contribution in [0.2, 0.25) is 5.02 Å². The van der Waals surface area contributed by atoms with Gasteiger partial charge in [0.25, 0.3) is 5.69 Å². The molecule has 2 rings (SSSR count). The molecular formula is C17H22ClN3O6. The summed E-state index contributed by atoms with van der Waals surface area (Å²) in [6.07, 6.45) is 0.337. The molecule has 1 aliphatic heterocycles. The molecule has 1 aromatic rings. The number of halogens is 1. The minimum Gasteiger partial charge on any atom is -0.464 e. The Morgan fingerprint density at radius 2 is 2.07 bits per heavy atom. The lowest BCUT2D eigenvalue weighted by Crippen LogP contribution is -2.54. The van der Waals surface area contributed by atoms with Crippen molar-refractivity contribution in [3.05, 3.63) is 33.3 Å². The number of benzene rings is 1. The van der Waals surface area contributed by atoms with Crippen molar-refractivity contribution in [2.45, 2.75) is 38.3 Å². The average molecular weight is 400 g/mol. The first-order valence-electron chi connectivity index (χ1n) is 8.56. The number of rotatable bonds is 6. The number of anilines is 1. The van der Waals surface area contributed by atoms with Gasteiger partial charge in [-0.25, -0.2) is 4.79 Å². The van der Waals surface area contributed by atoms with Crippen LogP contribution in [0.4, 0.5) is 11.4 Å². The largest absolute Gasteiger partial charge is 0.464 e. The molecule has 0 spiro atoms. The molecule has 1 fully saturated rings. The van der Waals surface area contributed by atoms with E-state index in [0.717, 1.165) is 0 Å². The highest BCUT2D eigenvalue weighted by Gasteiger charge is 2.42. The van der Waals surface area contributed by atoms with Crippen LogP contribution in [0.1, 0.15) is 26.7 Å². The Labute approximate surface area is 161 Å². The number of nitro groups is 1. The number of hydrogen-bond acceptors (Lipinski definition) is 7. The van der Waals surface area contributed by atoms with Crippen LogP contribution < -0.4 is 5.32 Å². The molecular weight excluding hydrogens is 378 g/mol. The summed E-state index contributed by atoms with van der Waals surface area (Å²) >= 11 is 5.99. The van der Waals surface area contributed by atoms with Gasteiger partial charge in [-0.15, -0.1) is 0 Å². The highest BCUT2D eigenvalue weighted by atomic mass is 35.5. The Morgan fingerprint density at radius 3 is 2.59 bits per heavy atom. The highest BCUT2D eigenvalue weighted by molar-refractivity contribution is 6.34. The number of carbonyl (C=O) groups is 2. The Bertz CT molecular complexity index is 733. The summed E-state index contributed by atoms with van der Waals surface area (Å²) in [5, 5.41) is 23.8. The lowest BCUT2D eigenvalue weighted by molar-refractivity contribution is -0.384. The summed E-state index contributed by atoms with van der Waals surface area (Å²) < 4.78 is 4.90. The van der Waals surface area contributed by atoms with Crippen molar-refractivity contribution in [2.24, 2.45) is 0 Å². The van der Waals surface area contributed by atoms with Crippen LogP contribution in [0, 0.1) is 10.1 Å². The Kier molecular flexibility index (Phi) is 6.74. The van der Waals surface area contributed by atoms with E-state index >= 15 is 0 Å². The summed E-state index contributed by atoms with van der Waals surface area (Å²) in [7, 11) is 0. The van der Waals surface area contributed by atoms with E-state index in [4.69, 9.17) is 16.3 Å². The third-order valence-electron chi connectivity index (χ3n) is 4.63. The molecule has 1 saturated heterocycles. The molecule has 1 amide bonds. The van der Waals surface area contributed by atoms with E-state index in [9.17, 15) is 24.8 Å². The van der Waals surface area contributed by atoms with E-state index in [-0.39, 0.29) is 41.8 Å². The second-order valence-corrected chi connectivity index (χ2v) is 6.78. The molecule has 1 heterocycles. The molecule has 0 bridgehead atoms.